The average molecular weight is 406 g/mol. The highest BCUT2D eigenvalue weighted by Crippen LogP contribution is 2.47. The summed E-state index contributed by atoms with van der Waals surface area (Å²) in [6.07, 6.45) is 0.362. The molecule has 2 aliphatic heterocycles. The van der Waals surface area contributed by atoms with Crippen LogP contribution in [0, 0.1) is 13.8 Å². The van der Waals surface area contributed by atoms with Crippen molar-refractivity contribution in [3.63, 3.8) is 0 Å². The second-order valence-electron chi connectivity index (χ2n) is 7.53. The molecule has 0 aromatic heterocycles. The number of amides is 1. The number of carbonyl (C=O) groups is 1. The van der Waals surface area contributed by atoms with Crippen LogP contribution in [0.4, 0.5) is 0 Å². The monoisotopic (exact) mass is 405 g/mol. The van der Waals surface area contributed by atoms with Crippen LogP contribution in [0.1, 0.15) is 36.0 Å². The molecule has 7 heteroatoms. The number of hydrogen-bond donors (Lipinski definition) is 1. The lowest BCUT2D eigenvalue weighted by atomic mass is 9.81. The molecule has 2 heterocycles. The van der Waals surface area contributed by atoms with Gasteiger partial charge in [0, 0.05) is 22.9 Å². The van der Waals surface area contributed by atoms with Crippen molar-refractivity contribution in [3.05, 3.63) is 58.1 Å². The van der Waals surface area contributed by atoms with Crippen LogP contribution < -0.4 is 10.1 Å². The molecule has 3 atom stereocenters. The number of ether oxygens (including phenoxy) is 1. The minimum absolute atomic E-state index is 0.157. The zero-order valence-corrected chi connectivity index (χ0v) is 16.8. The largest absolute Gasteiger partial charge is 0.468 e. The second kappa shape index (κ2) is 5.97. The van der Waals surface area contributed by atoms with Gasteiger partial charge in [0.1, 0.15) is 5.75 Å². The van der Waals surface area contributed by atoms with Gasteiger partial charge in [-0.1, -0.05) is 17.7 Å². The third-order valence-corrected chi connectivity index (χ3v) is 7.83. The Morgan fingerprint density at radius 1 is 1.15 bits per heavy atom. The summed E-state index contributed by atoms with van der Waals surface area (Å²) in [7, 11) is -3.89. The van der Waals surface area contributed by atoms with E-state index in [2.05, 4.69) is 5.32 Å². The normalized spacial score (nSPS) is 26.7. The van der Waals surface area contributed by atoms with Crippen molar-refractivity contribution in [1.82, 2.24) is 5.32 Å². The summed E-state index contributed by atoms with van der Waals surface area (Å²) in [5.41, 5.74) is 1.59. The molecule has 2 bridgehead atoms. The molecule has 0 radical (unpaired) electrons. The number of halogens is 1. The van der Waals surface area contributed by atoms with Gasteiger partial charge < -0.3 is 10.1 Å². The molecule has 5 nitrogen and oxygen atoms in total. The average Bonchev–Trinajstić information content (AvgIpc) is 2.57. The van der Waals surface area contributed by atoms with Crippen LogP contribution in [0.5, 0.6) is 5.75 Å². The van der Waals surface area contributed by atoms with Crippen LogP contribution in [-0.2, 0) is 14.6 Å². The van der Waals surface area contributed by atoms with Gasteiger partial charge in [-0.2, -0.15) is 0 Å². The van der Waals surface area contributed by atoms with Gasteiger partial charge in [0.25, 0.3) is 0 Å². The number of sulfone groups is 1. The third-order valence-electron chi connectivity index (χ3n) is 5.47. The molecular weight excluding hydrogens is 386 g/mol. The SMILES string of the molecule is Cc1ccc(S(=O)(=O)[C@@H]2C(=O)N[C@@]3(C)C[C@H]2c2cc(Cl)ccc2O3)cc1C. The molecule has 1 amide bonds. The summed E-state index contributed by atoms with van der Waals surface area (Å²) in [5.74, 6) is -0.520. The molecule has 0 spiro atoms. The lowest BCUT2D eigenvalue weighted by Gasteiger charge is -2.46. The molecular formula is C20H20ClNO4S. The van der Waals surface area contributed by atoms with E-state index in [9.17, 15) is 13.2 Å². The number of piperidine rings is 1. The number of rotatable bonds is 2. The van der Waals surface area contributed by atoms with Crippen LogP contribution >= 0.6 is 11.6 Å². The standard InChI is InChI=1S/C20H20ClNO4S/c1-11-4-6-14(8-12(11)2)27(24,25)18-16-10-20(3,22-19(18)23)26-17-7-5-13(21)9-15(16)17/h4-9,16,18H,10H2,1-3H3,(H,22,23)/t16-,18-,20+/m0/s1. The summed E-state index contributed by atoms with van der Waals surface area (Å²) in [5, 5.41) is 2.01. The first-order valence-electron chi connectivity index (χ1n) is 8.72. The summed E-state index contributed by atoms with van der Waals surface area (Å²) in [4.78, 5) is 13.0. The van der Waals surface area contributed by atoms with E-state index in [1.807, 2.05) is 13.8 Å². The summed E-state index contributed by atoms with van der Waals surface area (Å²) >= 11 is 6.14. The van der Waals surface area contributed by atoms with Crippen LogP contribution in [0.2, 0.25) is 5.02 Å². The van der Waals surface area contributed by atoms with Crippen molar-refractivity contribution in [1.29, 1.82) is 0 Å². The molecule has 4 rings (SSSR count). The van der Waals surface area contributed by atoms with Crippen LogP contribution in [0.25, 0.3) is 0 Å². The fourth-order valence-electron chi connectivity index (χ4n) is 3.97. The Balaban J connectivity index is 1.87. The highest BCUT2D eigenvalue weighted by Gasteiger charge is 2.54. The first-order valence-corrected chi connectivity index (χ1v) is 10.6. The fraction of sp³-hybridized carbons (Fsp3) is 0.350. The van der Waals surface area contributed by atoms with Gasteiger partial charge in [-0.05, 0) is 62.2 Å². The molecule has 0 aliphatic carbocycles. The first kappa shape index (κ1) is 18.3. The van der Waals surface area contributed by atoms with E-state index in [1.165, 1.54) is 0 Å². The van der Waals surface area contributed by atoms with E-state index >= 15 is 0 Å². The lowest BCUT2D eigenvalue weighted by Crippen LogP contribution is -2.63. The Hall–Kier alpha value is -2.05. The Labute approximate surface area is 163 Å². The van der Waals surface area contributed by atoms with Gasteiger partial charge >= 0.3 is 0 Å². The van der Waals surface area contributed by atoms with Crippen LogP contribution in [0.15, 0.2) is 41.3 Å². The Morgan fingerprint density at radius 3 is 2.59 bits per heavy atom. The third kappa shape index (κ3) is 2.91. The molecule has 142 valence electrons. The maximum atomic E-state index is 13.4. The van der Waals surface area contributed by atoms with E-state index in [0.717, 1.165) is 11.1 Å². The summed E-state index contributed by atoms with van der Waals surface area (Å²) in [6.45, 7) is 5.53. The van der Waals surface area contributed by atoms with Crippen LogP contribution in [0.3, 0.4) is 0 Å². The van der Waals surface area contributed by atoms with E-state index in [4.69, 9.17) is 16.3 Å². The van der Waals surface area contributed by atoms with Crippen molar-refractivity contribution in [2.45, 2.75) is 49.0 Å². The minimum Gasteiger partial charge on any atom is -0.468 e. The van der Waals surface area contributed by atoms with Crippen molar-refractivity contribution in [2.24, 2.45) is 0 Å². The number of fused-ring (bicyclic) bond motifs is 4. The minimum atomic E-state index is -3.89. The zero-order valence-electron chi connectivity index (χ0n) is 15.2. The number of benzene rings is 2. The molecule has 1 N–H and O–H groups in total. The number of carbonyl (C=O) groups excluding carboxylic acids is 1. The maximum Gasteiger partial charge on any atom is 0.242 e. The molecule has 0 unspecified atom stereocenters. The van der Waals surface area contributed by atoms with Crippen molar-refractivity contribution in [2.75, 3.05) is 0 Å². The van der Waals surface area contributed by atoms with E-state index in [1.54, 1.807) is 43.3 Å². The fourth-order valence-corrected chi connectivity index (χ4v) is 6.06. The quantitative estimate of drug-likeness (QED) is 0.829. The lowest BCUT2D eigenvalue weighted by molar-refractivity contribution is -0.132. The molecule has 2 aliphatic rings. The molecule has 27 heavy (non-hydrogen) atoms. The molecule has 2 aromatic carbocycles. The number of hydrogen-bond acceptors (Lipinski definition) is 4. The predicted molar refractivity (Wildman–Crippen MR) is 103 cm³/mol. The van der Waals surface area contributed by atoms with Crippen molar-refractivity contribution in [3.8, 4) is 5.75 Å². The first-order chi connectivity index (χ1) is 12.6. The highest BCUT2D eigenvalue weighted by molar-refractivity contribution is 7.92. The van der Waals surface area contributed by atoms with E-state index in [-0.39, 0.29) is 4.90 Å². The predicted octanol–water partition coefficient (Wildman–Crippen LogP) is 3.51. The molecule has 1 fully saturated rings. The Kier molecular flexibility index (Phi) is 4.05. The summed E-state index contributed by atoms with van der Waals surface area (Å²) < 4.78 is 32.8. The van der Waals surface area contributed by atoms with Crippen LogP contribution in [-0.4, -0.2) is 25.3 Å². The van der Waals surface area contributed by atoms with Crippen molar-refractivity contribution < 1.29 is 17.9 Å². The number of nitrogens with one attached hydrogen (secondary N) is 1. The van der Waals surface area contributed by atoms with E-state index in [0.29, 0.717) is 22.8 Å². The molecule has 2 aromatic rings. The Bertz CT molecular complexity index is 1070. The van der Waals surface area contributed by atoms with Gasteiger partial charge in [-0.25, -0.2) is 8.42 Å². The smallest absolute Gasteiger partial charge is 0.242 e. The van der Waals surface area contributed by atoms with Gasteiger partial charge in [0.2, 0.25) is 5.91 Å². The maximum absolute atomic E-state index is 13.4. The summed E-state index contributed by atoms with van der Waals surface area (Å²) in [6, 6.07) is 10.1. The number of aryl methyl sites for hydroxylation is 2. The van der Waals surface area contributed by atoms with Gasteiger partial charge in [-0.15, -0.1) is 0 Å². The molecule has 0 saturated carbocycles. The van der Waals surface area contributed by atoms with Gasteiger partial charge in [0.05, 0.1) is 4.90 Å². The topological polar surface area (TPSA) is 72.5 Å². The van der Waals surface area contributed by atoms with Gasteiger partial charge in [0.15, 0.2) is 20.8 Å². The molecule has 1 saturated heterocycles. The second-order valence-corrected chi connectivity index (χ2v) is 10.0. The highest BCUT2D eigenvalue weighted by atomic mass is 35.5. The van der Waals surface area contributed by atoms with Crippen molar-refractivity contribution >= 4 is 27.3 Å². The Morgan fingerprint density at radius 2 is 1.89 bits per heavy atom. The van der Waals surface area contributed by atoms with E-state index < -0.39 is 32.6 Å². The zero-order chi connectivity index (χ0) is 19.6. The van der Waals surface area contributed by atoms with Gasteiger partial charge in [-0.3, -0.25) is 4.79 Å².